The zero-order valence-corrected chi connectivity index (χ0v) is 14.6. The molecule has 0 heterocycles. The molecule has 0 radical (unpaired) electrons. The quantitative estimate of drug-likeness (QED) is 0.720. The Balaban J connectivity index is 2.00. The van der Waals surface area contributed by atoms with Crippen molar-refractivity contribution in [2.45, 2.75) is 50.0 Å². The van der Waals surface area contributed by atoms with Gasteiger partial charge in [0.2, 0.25) is 15.9 Å². The monoisotopic (exact) mass is 355 g/mol. The highest BCUT2D eigenvalue weighted by Gasteiger charge is 2.21. The van der Waals surface area contributed by atoms with Gasteiger partial charge in [-0.15, -0.1) is 0 Å². The first kappa shape index (κ1) is 17.8. The van der Waals surface area contributed by atoms with E-state index in [9.17, 15) is 13.2 Å². The molecule has 6 nitrogen and oxygen atoms in total. The van der Waals surface area contributed by atoms with E-state index >= 15 is 0 Å². The Morgan fingerprint density at radius 1 is 1.13 bits per heavy atom. The van der Waals surface area contributed by atoms with Crippen LogP contribution in [0.1, 0.15) is 39.0 Å². The van der Waals surface area contributed by atoms with Gasteiger partial charge in [0.05, 0.1) is 4.90 Å². The topological polar surface area (TPSA) is 87.3 Å². The molecule has 0 atom stereocenters. The fourth-order valence-corrected chi connectivity index (χ4v) is 4.11. The molecule has 1 aromatic rings. The van der Waals surface area contributed by atoms with E-state index in [4.69, 9.17) is 12.2 Å². The molecule has 0 bridgehead atoms. The Morgan fingerprint density at radius 2 is 1.74 bits per heavy atom. The molecule has 0 aliphatic heterocycles. The van der Waals surface area contributed by atoms with Crippen molar-refractivity contribution >= 4 is 38.9 Å². The van der Waals surface area contributed by atoms with Gasteiger partial charge in [-0.05, 0) is 49.3 Å². The van der Waals surface area contributed by atoms with Crippen molar-refractivity contribution in [2.24, 2.45) is 0 Å². The van der Waals surface area contributed by atoms with Gasteiger partial charge in [-0.25, -0.2) is 13.1 Å². The van der Waals surface area contributed by atoms with Crippen LogP contribution in [0.4, 0.5) is 5.69 Å². The number of thiocarbonyl (C=S) groups is 1. The molecule has 126 valence electrons. The molecule has 8 heteroatoms. The van der Waals surface area contributed by atoms with E-state index in [0.29, 0.717) is 5.69 Å². The molecule has 0 saturated heterocycles. The highest BCUT2D eigenvalue weighted by molar-refractivity contribution is 7.89. The van der Waals surface area contributed by atoms with E-state index in [1.807, 2.05) is 0 Å². The summed E-state index contributed by atoms with van der Waals surface area (Å²) >= 11 is 4.95. The molecule has 0 spiro atoms. The molecule has 3 N–H and O–H groups in total. The van der Waals surface area contributed by atoms with Crippen LogP contribution in [0.15, 0.2) is 29.2 Å². The zero-order valence-electron chi connectivity index (χ0n) is 13.0. The van der Waals surface area contributed by atoms with Gasteiger partial charge < -0.3 is 10.6 Å². The third-order valence-corrected chi connectivity index (χ3v) is 5.38. The van der Waals surface area contributed by atoms with Crippen molar-refractivity contribution in [2.75, 3.05) is 5.32 Å². The highest BCUT2D eigenvalue weighted by atomic mass is 32.2. The van der Waals surface area contributed by atoms with E-state index in [-0.39, 0.29) is 22.0 Å². The second-order valence-electron chi connectivity index (χ2n) is 5.62. The molecule has 1 aliphatic rings. The van der Waals surface area contributed by atoms with Crippen molar-refractivity contribution in [1.82, 2.24) is 10.0 Å². The molecule has 1 saturated carbocycles. The van der Waals surface area contributed by atoms with E-state index in [2.05, 4.69) is 15.4 Å². The first-order valence-electron chi connectivity index (χ1n) is 7.58. The van der Waals surface area contributed by atoms with E-state index in [1.54, 1.807) is 12.1 Å². The summed E-state index contributed by atoms with van der Waals surface area (Å²) in [5, 5.41) is 5.43. The first-order chi connectivity index (χ1) is 10.9. The molecule has 23 heavy (non-hydrogen) atoms. The molecule has 0 aromatic heterocycles. The Hall–Kier alpha value is -1.51. The van der Waals surface area contributed by atoms with Gasteiger partial charge in [0, 0.05) is 18.7 Å². The van der Waals surface area contributed by atoms with Crippen LogP contribution in [0, 0.1) is 0 Å². The number of carbonyl (C=O) groups is 1. The highest BCUT2D eigenvalue weighted by Crippen LogP contribution is 2.20. The SMILES string of the molecule is CC(=O)NC(=S)Nc1ccc(S(=O)(=O)NC2CCCCC2)cc1. The lowest BCUT2D eigenvalue weighted by Gasteiger charge is -2.22. The van der Waals surface area contributed by atoms with Crippen molar-refractivity contribution in [3.05, 3.63) is 24.3 Å². The largest absolute Gasteiger partial charge is 0.332 e. The number of hydrogen-bond donors (Lipinski definition) is 3. The third-order valence-electron chi connectivity index (χ3n) is 3.64. The van der Waals surface area contributed by atoms with Crippen molar-refractivity contribution in [3.8, 4) is 0 Å². The second-order valence-corrected chi connectivity index (χ2v) is 7.74. The van der Waals surface area contributed by atoms with Crippen molar-refractivity contribution in [1.29, 1.82) is 0 Å². The molecule has 1 aromatic carbocycles. The van der Waals surface area contributed by atoms with Crippen molar-refractivity contribution in [3.63, 3.8) is 0 Å². The maximum atomic E-state index is 12.4. The molecule has 1 fully saturated rings. The van der Waals surface area contributed by atoms with Gasteiger partial charge in [-0.2, -0.15) is 0 Å². The number of benzene rings is 1. The van der Waals surface area contributed by atoms with Gasteiger partial charge in [-0.3, -0.25) is 4.79 Å². The molecular weight excluding hydrogens is 334 g/mol. The molecular formula is C15H21N3O3S2. The Kier molecular flexibility index (Phi) is 6.09. The number of rotatable bonds is 4. The summed E-state index contributed by atoms with van der Waals surface area (Å²) in [5.41, 5.74) is 0.611. The normalized spacial score (nSPS) is 15.9. The fourth-order valence-electron chi connectivity index (χ4n) is 2.55. The predicted molar refractivity (Wildman–Crippen MR) is 93.7 cm³/mol. The Labute approximate surface area is 142 Å². The van der Waals surface area contributed by atoms with Gasteiger partial charge >= 0.3 is 0 Å². The lowest BCUT2D eigenvalue weighted by molar-refractivity contribution is -0.117. The third kappa shape index (κ3) is 5.56. The summed E-state index contributed by atoms with van der Waals surface area (Å²) < 4.78 is 27.5. The molecule has 0 unspecified atom stereocenters. The fraction of sp³-hybridized carbons (Fsp3) is 0.467. The summed E-state index contributed by atoms with van der Waals surface area (Å²) in [6.07, 6.45) is 5.09. The minimum absolute atomic E-state index is 0.0268. The Bertz CT molecular complexity index is 666. The number of anilines is 1. The van der Waals surface area contributed by atoms with E-state index < -0.39 is 10.0 Å². The summed E-state index contributed by atoms with van der Waals surface area (Å²) in [5.74, 6) is -0.265. The first-order valence-corrected chi connectivity index (χ1v) is 9.47. The number of nitrogens with one attached hydrogen (secondary N) is 3. The van der Waals surface area contributed by atoms with Gasteiger partial charge in [0.15, 0.2) is 5.11 Å². The lowest BCUT2D eigenvalue weighted by atomic mass is 9.96. The zero-order chi connectivity index (χ0) is 16.9. The standard InChI is InChI=1S/C15H21N3O3S2/c1-11(19)16-15(22)17-12-7-9-14(10-8-12)23(20,21)18-13-5-3-2-4-6-13/h7-10,13,18H,2-6H2,1H3,(H2,16,17,19,22). The summed E-state index contributed by atoms with van der Waals surface area (Å²) in [7, 11) is -3.50. The van der Waals surface area contributed by atoms with Crippen LogP contribution in [-0.2, 0) is 14.8 Å². The number of carbonyl (C=O) groups excluding carboxylic acids is 1. The number of hydrogen-bond acceptors (Lipinski definition) is 4. The minimum atomic E-state index is -3.50. The number of amides is 1. The smallest absolute Gasteiger partial charge is 0.240 e. The van der Waals surface area contributed by atoms with Crippen LogP contribution in [0.2, 0.25) is 0 Å². The Morgan fingerprint density at radius 3 is 2.30 bits per heavy atom. The average Bonchev–Trinajstić information content (AvgIpc) is 2.47. The maximum Gasteiger partial charge on any atom is 0.240 e. The molecule has 1 amide bonds. The molecule has 2 rings (SSSR count). The number of sulfonamides is 1. The van der Waals surface area contributed by atoms with Crippen LogP contribution in [0.25, 0.3) is 0 Å². The lowest BCUT2D eigenvalue weighted by Crippen LogP contribution is -2.36. The minimum Gasteiger partial charge on any atom is -0.332 e. The van der Waals surface area contributed by atoms with Gasteiger partial charge in [0.1, 0.15) is 0 Å². The summed E-state index contributed by atoms with van der Waals surface area (Å²) in [6, 6.07) is 6.29. The van der Waals surface area contributed by atoms with Crippen LogP contribution in [0.3, 0.4) is 0 Å². The maximum absolute atomic E-state index is 12.4. The van der Waals surface area contributed by atoms with Crippen LogP contribution in [0.5, 0.6) is 0 Å². The van der Waals surface area contributed by atoms with Gasteiger partial charge in [-0.1, -0.05) is 19.3 Å². The summed E-state index contributed by atoms with van der Waals surface area (Å²) in [6.45, 7) is 1.36. The van der Waals surface area contributed by atoms with E-state index in [0.717, 1.165) is 25.7 Å². The van der Waals surface area contributed by atoms with Crippen LogP contribution < -0.4 is 15.4 Å². The second kappa shape index (κ2) is 7.85. The van der Waals surface area contributed by atoms with Crippen LogP contribution >= 0.6 is 12.2 Å². The van der Waals surface area contributed by atoms with E-state index in [1.165, 1.54) is 25.5 Å². The summed E-state index contributed by atoms with van der Waals surface area (Å²) in [4.78, 5) is 11.1. The van der Waals surface area contributed by atoms with Crippen LogP contribution in [-0.4, -0.2) is 25.5 Å². The average molecular weight is 355 g/mol. The predicted octanol–water partition coefficient (Wildman–Crippen LogP) is 2.13. The molecule has 1 aliphatic carbocycles. The van der Waals surface area contributed by atoms with Gasteiger partial charge in [0.25, 0.3) is 0 Å². The van der Waals surface area contributed by atoms with Crippen molar-refractivity contribution < 1.29 is 13.2 Å².